The Morgan fingerprint density at radius 3 is 1.98 bits per heavy atom. The van der Waals surface area contributed by atoms with Crippen LogP contribution >= 0.6 is 23.2 Å². The summed E-state index contributed by atoms with van der Waals surface area (Å²) in [6.45, 7) is 3.19. The molecule has 0 saturated carbocycles. The zero-order chi connectivity index (χ0) is 41.2. The first kappa shape index (κ1) is 42.6. The number of alkyl halides is 6. The number of amides is 3. The number of nitrogens with one attached hydrogen (secondary N) is 1. The average molecular weight is 843 g/mol. The summed E-state index contributed by atoms with van der Waals surface area (Å²) < 4.78 is 81.8. The quantitative estimate of drug-likeness (QED) is 0.191. The summed E-state index contributed by atoms with van der Waals surface area (Å²) >= 11 is 12.6. The highest BCUT2D eigenvalue weighted by Gasteiger charge is 2.45. The van der Waals surface area contributed by atoms with Crippen LogP contribution in [0, 0.1) is 0 Å². The maximum absolute atomic E-state index is 13.6. The Morgan fingerprint density at radius 2 is 1.40 bits per heavy atom. The highest BCUT2D eigenvalue weighted by atomic mass is 35.5. The molecule has 17 heteroatoms. The number of rotatable bonds is 11. The molecule has 308 valence electrons. The third kappa shape index (κ3) is 10.2. The summed E-state index contributed by atoms with van der Waals surface area (Å²) in [5, 5.41) is 13.0. The van der Waals surface area contributed by atoms with Crippen LogP contribution in [0.5, 0.6) is 0 Å². The van der Waals surface area contributed by atoms with Crippen molar-refractivity contribution in [1.29, 1.82) is 0 Å². The van der Waals surface area contributed by atoms with Gasteiger partial charge in [-0.25, -0.2) is 4.79 Å². The fourth-order valence-electron chi connectivity index (χ4n) is 8.34. The van der Waals surface area contributed by atoms with Crippen LogP contribution in [0.25, 0.3) is 0 Å². The summed E-state index contributed by atoms with van der Waals surface area (Å²) in [4.78, 5) is 45.4. The van der Waals surface area contributed by atoms with Gasteiger partial charge in [-0.1, -0.05) is 59.6 Å². The molecule has 0 bridgehead atoms. The molecule has 3 aliphatic heterocycles. The van der Waals surface area contributed by atoms with E-state index in [0.29, 0.717) is 94.2 Å². The second kappa shape index (κ2) is 17.0. The molecule has 3 aromatic rings. The van der Waals surface area contributed by atoms with E-state index in [9.17, 15) is 40.7 Å². The minimum atomic E-state index is -5.02. The number of piperidine rings is 1. The summed E-state index contributed by atoms with van der Waals surface area (Å²) in [7, 11) is 0. The van der Waals surface area contributed by atoms with Crippen molar-refractivity contribution in [3.05, 3.63) is 105 Å². The van der Waals surface area contributed by atoms with Crippen molar-refractivity contribution in [1.82, 2.24) is 24.9 Å². The molecule has 9 nitrogen and oxygen atoms in total. The number of carboxylic acid groups (broad SMARTS) is 1. The molecule has 3 aliphatic rings. The Labute approximate surface area is 336 Å². The molecule has 3 aromatic carbocycles. The predicted molar refractivity (Wildman–Crippen MR) is 202 cm³/mol. The number of hydrogen-bond acceptors (Lipinski definition) is 5. The Hall–Kier alpha value is -4.05. The normalized spacial score (nSPS) is 20.9. The standard InChI is InChI=1S/C40H43Cl2F6N5O4/c41-32-8-7-29(22-33(32)42)37(23-34(54)53(26-37)24-27-19-30(39(43,44)45)21-31(20-27)40(46,47)48)9-4-12-50-13-10-38(11-14-50,28-5-2-1-3-6-28)49-36(57)52-17-15-51(16-18-52)25-35(55)56/h1-3,5-8,19-22H,4,9-18,23-26H2,(H,49,57)(H,55,56). The van der Waals surface area contributed by atoms with Crippen LogP contribution in [0.2, 0.25) is 10.0 Å². The average Bonchev–Trinajstić information content (AvgIpc) is 3.47. The molecule has 0 aliphatic carbocycles. The van der Waals surface area contributed by atoms with E-state index < -0.39 is 52.9 Å². The van der Waals surface area contributed by atoms with Crippen LogP contribution in [0.1, 0.15) is 59.9 Å². The van der Waals surface area contributed by atoms with Gasteiger partial charge < -0.3 is 25.1 Å². The van der Waals surface area contributed by atoms with E-state index in [0.717, 1.165) is 5.56 Å². The number of likely N-dealkylation sites (tertiary alicyclic amines) is 2. The van der Waals surface area contributed by atoms with Gasteiger partial charge in [-0.15, -0.1) is 0 Å². The van der Waals surface area contributed by atoms with Crippen LogP contribution in [0.3, 0.4) is 0 Å². The lowest BCUT2D eigenvalue weighted by Gasteiger charge is -2.44. The molecule has 0 spiro atoms. The zero-order valence-electron chi connectivity index (χ0n) is 30.9. The number of carbonyl (C=O) groups excluding carboxylic acids is 2. The van der Waals surface area contributed by atoms with Crippen molar-refractivity contribution in [2.75, 3.05) is 58.9 Å². The number of halogens is 8. The summed E-state index contributed by atoms with van der Waals surface area (Å²) in [6, 6.07) is 15.9. The number of urea groups is 1. The molecule has 3 saturated heterocycles. The number of hydrogen-bond donors (Lipinski definition) is 2. The molecular weight excluding hydrogens is 799 g/mol. The number of aliphatic carboxylic acids is 1. The molecule has 3 amide bonds. The van der Waals surface area contributed by atoms with Gasteiger partial charge in [0.05, 0.1) is 33.3 Å². The Bertz CT molecular complexity index is 1900. The van der Waals surface area contributed by atoms with Gasteiger partial charge in [-0.05, 0) is 79.3 Å². The van der Waals surface area contributed by atoms with Crippen LogP contribution < -0.4 is 5.32 Å². The second-order valence-corrected chi connectivity index (χ2v) is 16.0. The highest BCUT2D eigenvalue weighted by Crippen LogP contribution is 2.43. The van der Waals surface area contributed by atoms with Gasteiger partial charge in [0.2, 0.25) is 5.91 Å². The maximum atomic E-state index is 13.6. The van der Waals surface area contributed by atoms with Crippen molar-refractivity contribution in [2.24, 2.45) is 0 Å². The molecule has 1 atom stereocenters. The van der Waals surface area contributed by atoms with Crippen molar-refractivity contribution in [3.8, 4) is 0 Å². The fraction of sp³-hybridized carbons (Fsp3) is 0.475. The molecule has 1 unspecified atom stereocenters. The van der Waals surface area contributed by atoms with E-state index in [1.807, 2.05) is 30.3 Å². The van der Waals surface area contributed by atoms with E-state index >= 15 is 0 Å². The second-order valence-electron chi connectivity index (χ2n) is 15.2. The van der Waals surface area contributed by atoms with E-state index in [-0.39, 0.29) is 42.2 Å². The van der Waals surface area contributed by atoms with Crippen LogP contribution in [0.4, 0.5) is 31.1 Å². The number of carbonyl (C=O) groups is 3. The highest BCUT2D eigenvalue weighted by molar-refractivity contribution is 6.42. The fourth-order valence-corrected chi connectivity index (χ4v) is 8.64. The van der Waals surface area contributed by atoms with Crippen molar-refractivity contribution in [2.45, 2.75) is 62.0 Å². The Morgan fingerprint density at radius 1 is 0.772 bits per heavy atom. The first-order valence-corrected chi connectivity index (χ1v) is 19.4. The van der Waals surface area contributed by atoms with Gasteiger partial charge in [0, 0.05) is 64.2 Å². The van der Waals surface area contributed by atoms with Gasteiger partial charge in [0.25, 0.3) is 0 Å². The largest absolute Gasteiger partial charge is 0.480 e. The maximum Gasteiger partial charge on any atom is 0.416 e. The van der Waals surface area contributed by atoms with Gasteiger partial charge in [-0.2, -0.15) is 26.3 Å². The van der Waals surface area contributed by atoms with Crippen LogP contribution in [-0.4, -0.2) is 102 Å². The molecular formula is C40H43Cl2F6N5O4. The van der Waals surface area contributed by atoms with Crippen LogP contribution in [-0.2, 0) is 39.4 Å². The van der Waals surface area contributed by atoms with Gasteiger partial charge in [0.1, 0.15) is 0 Å². The number of nitrogens with zero attached hydrogens (tertiary/aromatic N) is 4. The topological polar surface area (TPSA) is 96.4 Å². The lowest BCUT2D eigenvalue weighted by molar-refractivity contribution is -0.143. The van der Waals surface area contributed by atoms with E-state index in [4.69, 9.17) is 28.3 Å². The number of carboxylic acids is 1. The van der Waals surface area contributed by atoms with Gasteiger partial charge >= 0.3 is 24.4 Å². The molecule has 0 aromatic heterocycles. The third-order valence-corrected chi connectivity index (χ3v) is 12.2. The van der Waals surface area contributed by atoms with E-state index in [1.54, 1.807) is 28.0 Å². The summed E-state index contributed by atoms with van der Waals surface area (Å²) in [5.41, 5.74) is -2.97. The molecule has 2 N–H and O–H groups in total. The minimum absolute atomic E-state index is 0.0240. The monoisotopic (exact) mass is 841 g/mol. The summed E-state index contributed by atoms with van der Waals surface area (Å²) in [6.07, 6.45) is -7.76. The van der Waals surface area contributed by atoms with Crippen molar-refractivity contribution >= 4 is 41.1 Å². The molecule has 57 heavy (non-hydrogen) atoms. The first-order valence-electron chi connectivity index (χ1n) is 18.7. The minimum Gasteiger partial charge on any atom is -0.480 e. The van der Waals surface area contributed by atoms with E-state index in [1.165, 1.54) is 4.90 Å². The lowest BCUT2D eigenvalue weighted by atomic mass is 9.75. The first-order chi connectivity index (χ1) is 26.9. The zero-order valence-corrected chi connectivity index (χ0v) is 32.5. The Balaban J connectivity index is 1.14. The van der Waals surface area contributed by atoms with Crippen LogP contribution in [0.15, 0.2) is 66.7 Å². The lowest BCUT2D eigenvalue weighted by Crippen LogP contribution is -2.59. The molecule has 3 fully saturated rings. The van der Waals surface area contributed by atoms with Gasteiger partial charge in [-0.3, -0.25) is 14.5 Å². The van der Waals surface area contributed by atoms with Crippen molar-refractivity contribution < 1.29 is 45.8 Å². The Kier molecular flexibility index (Phi) is 12.7. The molecule has 0 radical (unpaired) electrons. The predicted octanol–water partition coefficient (Wildman–Crippen LogP) is 7.88. The SMILES string of the molecule is O=C(O)CN1CCN(C(=O)NC2(c3ccccc3)CCN(CCCC3(c4ccc(Cl)c(Cl)c4)CC(=O)N(Cc4cc(C(F)(F)F)cc(C(F)(F)F)c4)C3)CC2)CC1. The van der Waals surface area contributed by atoms with E-state index in [2.05, 4.69) is 10.2 Å². The number of benzene rings is 3. The molecule has 6 rings (SSSR count). The smallest absolute Gasteiger partial charge is 0.416 e. The third-order valence-electron chi connectivity index (χ3n) is 11.4. The van der Waals surface area contributed by atoms with Crippen molar-refractivity contribution in [3.63, 3.8) is 0 Å². The summed E-state index contributed by atoms with van der Waals surface area (Å²) in [5.74, 6) is -1.32. The molecule has 3 heterocycles. The number of piperazine rings is 1. The van der Waals surface area contributed by atoms with Gasteiger partial charge in [0.15, 0.2) is 0 Å².